The lowest BCUT2D eigenvalue weighted by Crippen LogP contribution is -2.26. The van der Waals surface area contributed by atoms with Crippen molar-refractivity contribution in [3.63, 3.8) is 0 Å². The summed E-state index contributed by atoms with van der Waals surface area (Å²) in [5.41, 5.74) is 10.5. The third kappa shape index (κ3) is 3.96. The Kier molecular flexibility index (Phi) is 5.59. The molecule has 7 heteroatoms. The summed E-state index contributed by atoms with van der Waals surface area (Å²) in [6.45, 7) is 5.29. The van der Waals surface area contributed by atoms with Gasteiger partial charge in [0.05, 0.1) is 17.6 Å². The quantitative estimate of drug-likeness (QED) is 0.474. The molecule has 0 saturated carbocycles. The topological polar surface area (TPSA) is 85.8 Å². The molecule has 4 aromatic rings. The maximum absolute atomic E-state index is 13.0. The van der Waals surface area contributed by atoms with Gasteiger partial charge in [-0.1, -0.05) is 49.7 Å². The highest BCUT2D eigenvalue weighted by Gasteiger charge is 2.24. The average Bonchev–Trinajstić information content (AvgIpc) is 2.98. The molecule has 6 nitrogen and oxygen atoms in total. The van der Waals surface area contributed by atoms with Crippen LogP contribution in [-0.2, 0) is 6.54 Å². The zero-order valence-electron chi connectivity index (χ0n) is 17.0. The van der Waals surface area contributed by atoms with Gasteiger partial charge in [0.15, 0.2) is 5.65 Å². The summed E-state index contributed by atoms with van der Waals surface area (Å²) in [7, 11) is 0. The van der Waals surface area contributed by atoms with Gasteiger partial charge in [0.2, 0.25) is 0 Å². The number of hydrogen-bond donors (Lipinski definition) is 2. The monoisotopic (exact) mass is 421 g/mol. The Morgan fingerprint density at radius 3 is 2.43 bits per heavy atom. The number of benzene rings is 2. The van der Waals surface area contributed by atoms with Crippen LogP contribution in [0.2, 0.25) is 5.02 Å². The molecule has 0 aliphatic carbocycles. The number of fused-ring (bicyclic) bond motifs is 2. The van der Waals surface area contributed by atoms with Crippen LogP contribution < -0.4 is 11.1 Å². The van der Waals surface area contributed by atoms with Crippen molar-refractivity contribution >= 4 is 45.5 Å². The number of rotatable bonds is 6. The minimum Gasteiger partial charge on any atom is -0.384 e. The standard InChI is InChI=1S/C23H24ClN5O/c1-14(2)11-12-26-23(30)19-20-22(28-18-6-4-3-5-17(18)27-20)29(21(19)25)13-15-7-9-16(24)10-8-15/h3-10,14H,11-13,25H2,1-2H3,(H,26,30). The van der Waals surface area contributed by atoms with E-state index in [1.165, 1.54) is 0 Å². The minimum absolute atomic E-state index is 0.224. The van der Waals surface area contributed by atoms with Crippen LogP contribution in [0.1, 0.15) is 36.2 Å². The zero-order valence-corrected chi connectivity index (χ0v) is 17.8. The van der Waals surface area contributed by atoms with Crippen molar-refractivity contribution < 1.29 is 4.79 Å². The van der Waals surface area contributed by atoms with Crippen molar-refractivity contribution in [2.24, 2.45) is 5.92 Å². The summed E-state index contributed by atoms with van der Waals surface area (Å²) < 4.78 is 1.84. The number of para-hydroxylation sites is 2. The number of halogens is 1. The van der Waals surface area contributed by atoms with E-state index in [1.807, 2.05) is 53.1 Å². The highest BCUT2D eigenvalue weighted by molar-refractivity contribution is 6.30. The van der Waals surface area contributed by atoms with Crippen molar-refractivity contribution in [3.8, 4) is 0 Å². The molecule has 0 bridgehead atoms. The molecular weight excluding hydrogens is 398 g/mol. The van der Waals surface area contributed by atoms with E-state index >= 15 is 0 Å². The van der Waals surface area contributed by atoms with Crippen molar-refractivity contribution in [3.05, 3.63) is 64.7 Å². The number of amides is 1. The first-order chi connectivity index (χ1) is 14.4. The van der Waals surface area contributed by atoms with E-state index in [4.69, 9.17) is 27.3 Å². The van der Waals surface area contributed by atoms with Gasteiger partial charge in [-0.3, -0.25) is 4.79 Å². The maximum Gasteiger partial charge on any atom is 0.257 e. The molecule has 30 heavy (non-hydrogen) atoms. The predicted molar refractivity (Wildman–Crippen MR) is 122 cm³/mol. The SMILES string of the molecule is CC(C)CCNC(=O)c1c(N)n(Cc2ccc(Cl)cc2)c2nc3ccccc3nc12. The summed E-state index contributed by atoms with van der Waals surface area (Å²) in [5, 5.41) is 3.65. The second-order valence-electron chi connectivity index (χ2n) is 7.80. The molecule has 0 atom stereocenters. The van der Waals surface area contributed by atoms with Crippen LogP contribution in [0.3, 0.4) is 0 Å². The molecule has 2 heterocycles. The fraction of sp³-hybridized carbons (Fsp3) is 0.261. The highest BCUT2D eigenvalue weighted by atomic mass is 35.5. The summed E-state index contributed by atoms with van der Waals surface area (Å²) >= 11 is 6.02. The number of nitrogens with zero attached hydrogens (tertiary/aromatic N) is 3. The minimum atomic E-state index is -0.224. The maximum atomic E-state index is 13.0. The number of carbonyl (C=O) groups excluding carboxylic acids is 1. The van der Waals surface area contributed by atoms with Gasteiger partial charge < -0.3 is 15.6 Å². The Morgan fingerprint density at radius 2 is 1.77 bits per heavy atom. The molecule has 154 valence electrons. The van der Waals surface area contributed by atoms with E-state index in [9.17, 15) is 4.79 Å². The molecule has 0 aliphatic heterocycles. The van der Waals surface area contributed by atoms with E-state index in [0.717, 1.165) is 23.0 Å². The van der Waals surface area contributed by atoms with Gasteiger partial charge in [-0.2, -0.15) is 0 Å². The lowest BCUT2D eigenvalue weighted by atomic mass is 10.1. The Morgan fingerprint density at radius 1 is 1.10 bits per heavy atom. The molecule has 0 spiro atoms. The van der Waals surface area contributed by atoms with Crippen LogP contribution in [0.15, 0.2) is 48.5 Å². The number of aromatic nitrogens is 3. The van der Waals surface area contributed by atoms with Crippen molar-refractivity contribution in [1.29, 1.82) is 0 Å². The molecule has 0 unspecified atom stereocenters. The summed E-state index contributed by atoms with van der Waals surface area (Å²) in [6, 6.07) is 15.1. The fourth-order valence-corrected chi connectivity index (χ4v) is 3.56. The highest BCUT2D eigenvalue weighted by Crippen LogP contribution is 2.29. The number of nitrogens with one attached hydrogen (secondary N) is 1. The van der Waals surface area contributed by atoms with Crippen LogP contribution in [0.4, 0.5) is 5.82 Å². The van der Waals surface area contributed by atoms with Gasteiger partial charge >= 0.3 is 0 Å². The average molecular weight is 422 g/mol. The van der Waals surface area contributed by atoms with Crippen LogP contribution in [0, 0.1) is 5.92 Å². The molecular formula is C23H24ClN5O. The smallest absolute Gasteiger partial charge is 0.257 e. The van der Waals surface area contributed by atoms with Crippen LogP contribution in [-0.4, -0.2) is 27.0 Å². The first-order valence-corrected chi connectivity index (χ1v) is 10.4. The molecule has 0 fully saturated rings. The first-order valence-electron chi connectivity index (χ1n) is 10.0. The molecule has 2 aromatic heterocycles. The Labute approximate surface area is 180 Å². The molecule has 3 N–H and O–H groups in total. The first kappa shape index (κ1) is 20.2. The predicted octanol–water partition coefficient (Wildman–Crippen LogP) is 4.64. The number of hydrogen-bond acceptors (Lipinski definition) is 4. The Balaban J connectivity index is 1.83. The van der Waals surface area contributed by atoms with Gasteiger partial charge in [0, 0.05) is 11.6 Å². The van der Waals surface area contributed by atoms with Crippen LogP contribution >= 0.6 is 11.6 Å². The summed E-state index contributed by atoms with van der Waals surface area (Å²) in [6.07, 6.45) is 0.893. The summed E-state index contributed by atoms with van der Waals surface area (Å²) in [5.74, 6) is 0.632. The van der Waals surface area contributed by atoms with Crippen molar-refractivity contribution in [1.82, 2.24) is 19.9 Å². The van der Waals surface area contributed by atoms with Gasteiger partial charge in [-0.25, -0.2) is 9.97 Å². The largest absolute Gasteiger partial charge is 0.384 e. The Hall–Kier alpha value is -3.12. The van der Waals surface area contributed by atoms with E-state index in [-0.39, 0.29) is 5.91 Å². The number of anilines is 1. The third-order valence-corrected chi connectivity index (χ3v) is 5.33. The molecule has 2 aromatic carbocycles. The van der Waals surface area contributed by atoms with Crippen molar-refractivity contribution in [2.75, 3.05) is 12.3 Å². The zero-order chi connectivity index (χ0) is 21.3. The van der Waals surface area contributed by atoms with Crippen LogP contribution in [0.5, 0.6) is 0 Å². The van der Waals surface area contributed by atoms with E-state index < -0.39 is 0 Å². The molecule has 1 amide bonds. The van der Waals surface area contributed by atoms with Crippen molar-refractivity contribution in [2.45, 2.75) is 26.8 Å². The second kappa shape index (κ2) is 8.32. The van der Waals surface area contributed by atoms with Gasteiger partial charge in [-0.15, -0.1) is 0 Å². The van der Waals surface area contributed by atoms with E-state index in [2.05, 4.69) is 19.2 Å². The number of nitrogen functional groups attached to an aromatic ring is 1. The van der Waals surface area contributed by atoms with E-state index in [1.54, 1.807) is 0 Å². The molecule has 4 rings (SSSR count). The third-order valence-electron chi connectivity index (χ3n) is 5.08. The fourth-order valence-electron chi connectivity index (χ4n) is 3.44. The molecule has 0 aliphatic rings. The number of nitrogens with two attached hydrogens (primary N) is 1. The summed E-state index contributed by atoms with van der Waals surface area (Å²) in [4.78, 5) is 22.5. The molecule has 0 radical (unpaired) electrons. The Bertz CT molecular complexity index is 1210. The number of carbonyl (C=O) groups is 1. The second-order valence-corrected chi connectivity index (χ2v) is 8.23. The van der Waals surface area contributed by atoms with Crippen LogP contribution in [0.25, 0.3) is 22.2 Å². The van der Waals surface area contributed by atoms with Gasteiger partial charge in [0.1, 0.15) is 16.9 Å². The lowest BCUT2D eigenvalue weighted by Gasteiger charge is -2.09. The normalized spacial score (nSPS) is 11.5. The molecule has 0 saturated heterocycles. The van der Waals surface area contributed by atoms with E-state index in [0.29, 0.717) is 46.6 Å². The van der Waals surface area contributed by atoms with Gasteiger partial charge in [0.25, 0.3) is 5.91 Å². The lowest BCUT2D eigenvalue weighted by molar-refractivity contribution is 0.0954. The van der Waals surface area contributed by atoms with Gasteiger partial charge in [-0.05, 0) is 42.2 Å².